The molecule has 168 valence electrons. The lowest BCUT2D eigenvalue weighted by atomic mass is 9.89. The van der Waals surface area contributed by atoms with Gasteiger partial charge in [0.1, 0.15) is 11.6 Å². The number of ether oxygens (including phenoxy) is 1. The molecule has 0 saturated carbocycles. The van der Waals surface area contributed by atoms with Crippen molar-refractivity contribution in [1.29, 1.82) is 0 Å². The second kappa shape index (κ2) is 9.37. The monoisotopic (exact) mass is 451 g/mol. The van der Waals surface area contributed by atoms with Crippen molar-refractivity contribution in [1.82, 2.24) is 9.55 Å². The van der Waals surface area contributed by atoms with Gasteiger partial charge in [0.25, 0.3) is 5.56 Å². The Kier molecular flexibility index (Phi) is 6.56. The van der Waals surface area contributed by atoms with E-state index in [1.54, 1.807) is 17.7 Å². The van der Waals surface area contributed by atoms with Gasteiger partial charge in [0.05, 0.1) is 23.5 Å². The van der Waals surface area contributed by atoms with Gasteiger partial charge in [0, 0.05) is 24.8 Å². The van der Waals surface area contributed by atoms with Crippen molar-refractivity contribution in [2.75, 3.05) is 25.1 Å². The third-order valence-electron chi connectivity index (χ3n) is 6.34. The molecule has 32 heavy (non-hydrogen) atoms. The molecular formula is C26H30ClN3O2. The number of aromatic nitrogens is 2. The van der Waals surface area contributed by atoms with Crippen molar-refractivity contribution >= 4 is 17.3 Å². The van der Waals surface area contributed by atoms with Gasteiger partial charge in [-0.3, -0.25) is 9.36 Å². The van der Waals surface area contributed by atoms with E-state index in [1.807, 2.05) is 32.0 Å². The van der Waals surface area contributed by atoms with Crippen LogP contribution in [0.5, 0.6) is 5.75 Å². The zero-order valence-electron chi connectivity index (χ0n) is 19.2. The Labute approximate surface area is 194 Å². The van der Waals surface area contributed by atoms with E-state index in [2.05, 4.69) is 35.0 Å². The molecule has 1 aromatic heterocycles. The second-order valence-electron chi connectivity index (χ2n) is 8.69. The van der Waals surface area contributed by atoms with Gasteiger partial charge in [-0.05, 0) is 81.3 Å². The Morgan fingerprint density at radius 3 is 2.44 bits per heavy atom. The molecule has 1 fully saturated rings. The van der Waals surface area contributed by atoms with Gasteiger partial charge in [-0.15, -0.1) is 0 Å². The van der Waals surface area contributed by atoms with Crippen LogP contribution in [0.25, 0.3) is 5.69 Å². The van der Waals surface area contributed by atoms with E-state index in [1.165, 1.54) is 11.1 Å². The maximum absolute atomic E-state index is 12.5. The smallest absolute Gasteiger partial charge is 0.258 e. The fourth-order valence-electron chi connectivity index (χ4n) is 4.72. The van der Waals surface area contributed by atoms with Crippen molar-refractivity contribution in [3.8, 4) is 11.4 Å². The predicted molar refractivity (Wildman–Crippen MR) is 131 cm³/mol. The summed E-state index contributed by atoms with van der Waals surface area (Å²) in [6.45, 7) is 7.71. The van der Waals surface area contributed by atoms with Gasteiger partial charge >= 0.3 is 0 Å². The van der Waals surface area contributed by atoms with E-state index in [0.717, 1.165) is 55.2 Å². The molecule has 2 aromatic carbocycles. The van der Waals surface area contributed by atoms with E-state index < -0.39 is 0 Å². The van der Waals surface area contributed by atoms with Gasteiger partial charge in [-0.1, -0.05) is 23.7 Å². The van der Waals surface area contributed by atoms with E-state index in [4.69, 9.17) is 16.3 Å². The molecule has 0 spiro atoms. The Bertz CT molecular complexity index is 1180. The maximum atomic E-state index is 12.5. The lowest BCUT2D eigenvalue weighted by Crippen LogP contribution is -2.34. The third kappa shape index (κ3) is 4.68. The molecular weight excluding hydrogens is 422 g/mol. The first kappa shape index (κ1) is 22.4. The van der Waals surface area contributed by atoms with Crippen LogP contribution in [0, 0.1) is 26.7 Å². The minimum Gasteiger partial charge on any atom is -0.496 e. The first-order chi connectivity index (χ1) is 15.4. The number of halogens is 1. The summed E-state index contributed by atoms with van der Waals surface area (Å²) in [5.41, 5.74) is 4.97. The molecule has 3 aromatic rings. The Balaban J connectivity index is 1.44. The number of hydrogen-bond acceptors (Lipinski definition) is 4. The molecule has 1 aliphatic rings. The minimum absolute atomic E-state index is 0.0894. The van der Waals surface area contributed by atoms with E-state index in [9.17, 15) is 4.79 Å². The van der Waals surface area contributed by atoms with E-state index >= 15 is 0 Å². The summed E-state index contributed by atoms with van der Waals surface area (Å²) in [5.74, 6) is 2.27. The number of aryl methyl sites for hydroxylation is 3. The van der Waals surface area contributed by atoms with Gasteiger partial charge in [0.2, 0.25) is 0 Å². The lowest BCUT2D eigenvalue weighted by molar-refractivity contribution is 0.401. The van der Waals surface area contributed by atoms with Crippen LogP contribution < -0.4 is 15.2 Å². The molecule has 2 heterocycles. The number of hydrogen-bond donors (Lipinski definition) is 0. The molecule has 0 N–H and O–H groups in total. The molecule has 5 nitrogen and oxygen atoms in total. The topological polar surface area (TPSA) is 47.4 Å². The van der Waals surface area contributed by atoms with Crippen LogP contribution >= 0.6 is 11.6 Å². The molecule has 6 heteroatoms. The summed E-state index contributed by atoms with van der Waals surface area (Å²) < 4.78 is 6.98. The van der Waals surface area contributed by atoms with E-state index in [-0.39, 0.29) is 5.56 Å². The van der Waals surface area contributed by atoms with Crippen molar-refractivity contribution in [2.24, 2.45) is 5.92 Å². The van der Waals surface area contributed by atoms with Crippen LogP contribution in [0.3, 0.4) is 0 Å². The third-order valence-corrected chi connectivity index (χ3v) is 6.65. The molecule has 4 rings (SSSR count). The molecule has 1 saturated heterocycles. The fourth-order valence-corrected chi connectivity index (χ4v) is 5.02. The second-order valence-corrected chi connectivity index (χ2v) is 9.10. The molecule has 0 bridgehead atoms. The Hall–Kier alpha value is -2.79. The van der Waals surface area contributed by atoms with Gasteiger partial charge in [-0.2, -0.15) is 0 Å². The summed E-state index contributed by atoms with van der Waals surface area (Å²) in [6, 6.07) is 13.9. The molecule has 0 aliphatic carbocycles. The molecule has 1 aliphatic heterocycles. The summed E-state index contributed by atoms with van der Waals surface area (Å²) >= 11 is 6.67. The van der Waals surface area contributed by atoms with Crippen molar-refractivity contribution in [2.45, 2.75) is 40.0 Å². The number of methoxy groups -OCH3 is 1. The van der Waals surface area contributed by atoms with E-state index in [0.29, 0.717) is 16.8 Å². The van der Waals surface area contributed by atoms with Crippen molar-refractivity contribution in [3.63, 3.8) is 0 Å². The van der Waals surface area contributed by atoms with Crippen molar-refractivity contribution in [3.05, 3.63) is 80.5 Å². The highest BCUT2D eigenvalue weighted by Gasteiger charge is 2.22. The molecule has 0 unspecified atom stereocenters. The van der Waals surface area contributed by atoms with Crippen molar-refractivity contribution < 1.29 is 4.74 Å². The average Bonchev–Trinajstić information content (AvgIpc) is 2.74. The molecule has 0 atom stereocenters. The standard InChI is InChI=1S/C26H30ClN3O2/c1-17-13-21(5-8-25(17)32-4)15-20-9-11-29(12-10-20)24-7-6-22(16-23(24)27)30-19(3)28-18(2)14-26(30)31/h5-8,13-14,16,20H,9-12,15H2,1-4H3. The number of anilines is 1. The Morgan fingerprint density at radius 2 is 1.81 bits per heavy atom. The highest BCUT2D eigenvalue weighted by molar-refractivity contribution is 6.33. The van der Waals surface area contributed by atoms with Gasteiger partial charge in [-0.25, -0.2) is 4.98 Å². The average molecular weight is 452 g/mol. The van der Waals surface area contributed by atoms with Crippen LogP contribution in [-0.2, 0) is 6.42 Å². The number of piperidine rings is 1. The van der Waals surface area contributed by atoms with Crippen LogP contribution in [0.1, 0.15) is 35.5 Å². The quantitative estimate of drug-likeness (QED) is 0.529. The summed E-state index contributed by atoms with van der Waals surface area (Å²) in [6.07, 6.45) is 3.35. The number of rotatable bonds is 5. The molecule has 0 amide bonds. The summed E-state index contributed by atoms with van der Waals surface area (Å²) in [5, 5.41) is 0.665. The van der Waals surface area contributed by atoms with Crippen LogP contribution in [0.4, 0.5) is 5.69 Å². The SMILES string of the molecule is COc1ccc(CC2CCN(c3ccc(-n4c(C)nc(C)cc4=O)cc3Cl)CC2)cc1C. The Morgan fingerprint density at radius 1 is 1.06 bits per heavy atom. The lowest BCUT2D eigenvalue weighted by Gasteiger charge is -2.34. The highest BCUT2D eigenvalue weighted by Crippen LogP contribution is 2.32. The summed E-state index contributed by atoms with van der Waals surface area (Å²) in [7, 11) is 1.71. The van der Waals surface area contributed by atoms with Gasteiger partial charge < -0.3 is 9.64 Å². The van der Waals surface area contributed by atoms with Gasteiger partial charge in [0.15, 0.2) is 0 Å². The summed E-state index contributed by atoms with van der Waals surface area (Å²) in [4.78, 5) is 19.2. The van der Waals surface area contributed by atoms with Crippen LogP contribution in [-0.4, -0.2) is 29.8 Å². The zero-order chi connectivity index (χ0) is 22.8. The first-order valence-electron chi connectivity index (χ1n) is 11.1. The normalized spacial score (nSPS) is 14.6. The highest BCUT2D eigenvalue weighted by atomic mass is 35.5. The largest absolute Gasteiger partial charge is 0.496 e. The fraction of sp³-hybridized carbons (Fsp3) is 0.385. The zero-order valence-corrected chi connectivity index (χ0v) is 19.9. The number of benzene rings is 2. The first-order valence-corrected chi connectivity index (χ1v) is 11.5. The predicted octanol–water partition coefficient (Wildman–Crippen LogP) is 5.28. The molecule has 0 radical (unpaired) electrons. The van der Waals surface area contributed by atoms with Crippen LogP contribution in [0.2, 0.25) is 5.02 Å². The van der Waals surface area contributed by atoms with Crippen LogP contribution in [0.15, 0.2) is 47.3 Å². The number of nitrogens with zero attached hydrogens (tertiary/aromatic N) is 3. The minimum atomic E-state index is -0.0894. The maximum Gasteiger partial charge on any atom is 0.258 e.